The Balaban J connectivity index is 1.72. The molecule has 2 rings (SSSR count). The highest BCUT2D eigenvalue weighted by Gasteiger charge is 2.30. The monoisotopic (exact) mass is 253 g/mol. The average molecular weight is 253 g/mol. The summed E-state index contributed by atoms with van der Waals surface area (Å²) in [7, 11) is 1.96. The van der Waals surface area contributed by atoms with Crippen LogP contribution < -0.4 is 5.32 Å². The summed E-state index contributed by atoms with van der Waals surface area (Å²) in [5, 5.41) is 3.57. The summed E-state index contributed by atoms with van der Waals surface area (Å²) in [4.78, 5) is 16.3. The van der Waals surface area contributed by atoms with Gasteiger partial charge in [0.1, 0.15) is 0 Å². The Morgan fingerprint density at radius 1 is 1.39 bits per heavy atom. The number of carbonyl (C=O) groups is 1. The molecule has 0 radical (unpaired) electrons. The smallest absolute Gasteiger partial charge is 0.236 e. The van der Waals surface area contributed by atoms with Crippen molar-refractivity contribution in [1.29, 1.82) is 0 Å². The van der Waals surface area contributed by atoms with E-state index < -0.39 is 0 Å². The lowest BCUT2D eigenvalue weighted by molar-refractivity contribution is -0.131. The minimum Gasteiger partial charge on any atom is -0.342 e. The van der Waals surface area contributed by atoms with Gasteiger partial charge in [-0.2, -0.15) is 0 Å². The lowest BCUT2D eigenvalue weighted by atomic mass is 10.1. The number of hydrogen-bond acceptors (Lipinski definition) is 3. The highest BCUT2D eigenvalue weighted by atomic mass is 16.2. The summed E-state index contributed by atoms with van der Waals surface area (Å²) in [5.74, 6) is 0.300. The van der Waals surface area contributed by atoms with Crippen LogP contribution in [0.15, 0.2) is 0 Å². The molecule has 2 aliphatic rings. The lowest BCUT2D eigenvalue weighted by Gasteiger charge is -2.33. The predicted octanol–water partition coefficient (Wildman–Crippen LogP) is 1.07. The van der Waals surface area contributed by atoms with Gasteiger partial charge in [0.15, 0.2) is 0 Å². The van der Waals surface area contributed by atoms with Crippen molar-refractivity contribution in [1.82, 2.24) is 15.1 Å². The largest absolute Gasteiger partial charge is 0.342 e. The molecule has 104 valence electrons. The molecule has 18 heavy (non-hydrogen) atoms. The molecular formula is C14H27N3O. The van der Waals surface area contributed by atoms with Crippen molar-refractivity contribution in [2.45, 2.75) is 51.1 Å². The highest BCUT2D eigenvalue weighted by molar-refractivity contribution is 5.78. The molecule has 1 atom stereocenters. The second kappa shape index (κ2) is 6.53. The third-order valence-electron chi connectivity index (χ3n) is 4.04. The van der Waals surface area contributed by atoms with Gasteiger partial charge < -0.3 is 10.2 Å². The van der Waals surface area contributed by atoms with E-state index in [1.54, 1.807) is 0 Å². The van der Waals surface area contributed by atoms with Crippen LogP contribution in [0.25, 0.3) is 0 Å². The van der Waals surface area contributed by atoms with Crippen LogP contribution in [0.5, 0.6) is 0 Å². The summed E-state index contributed by atoms with van der Waals surface area (Å²) >= 11 is 0. The number of nitrogens with one attached hydrogen (secondary N) is 1. The Morgan fingerprint density at radius 3 is 2.83 bits per heavy atom. The van der Waals surface area contributed by atoms with Gasteiger partial charge in [0.25, 0.3) is 0 Å². The molecular weight excluding hydrogens is 226 g/mol. The van der Waals surface area contributed by atoms with E-state index in [1.807, 2.05) is 11.9 Å². The molecule has 0 bridgehead atoms. The first-order valence-corrected chi connectivity index (χ1v) is 7.42. The summed E-state index contributed by atoms with van der Waals surface area (Å²) in [6.45, 7) is 6.01. The molecule has 1 N–H and O–H groups in total. The molecule has 4 nitrogen and oxygen atoms in total. The van der Waals surface area contributed by atoms with Crippen molar-refractivity contribution >= 4 is 5.91 Å². The van der Waals surface area contributed by atoms with E-state index in [9.17, 15) is 4.79 Å². The molecule has 1 amide bonds. The van der Waals surface area contributed by atoms with Crippen molar-refractivity contribution in [3.8, 4) is 0 Å². The molecule has 1 unspecified atom stereocenters. The van der Waals surface area contributed by atoms with Crippen molar-refractivity contribution in [2.24, 2.45) is 0 Å². The Kier molecular flexibility index (Phi) is 5.01. The molecule has 0 aromatic heterocycles. The maximum absolute atomic E-state index is 12.1. The van der Waals surface area contributed by atoms with Crippen LogP contribution in [-0.2, 0) is 4.79 Å². The fourth-order valence-electron chi connectivity index (χ4n) is 2.68. The standard InChI is InChI=1S/C14H27N3O/c1-3-8-15-12-5-4-9-17(10-12)11-14(18)16(2)13-6-7-13/h12-13,15H,3-11H2,1-2H3. The number of rotatable bonds is 6. The van der Waals surface area contributed by atoms with Crippen molar-refractivity contribution in [3.63, 3.8) is 0 Å². The van der Waals surface area contributed by atoms with E-state index in [0.717, 1.165) is 19.6 Å². The molecule has 0 spiro atoms. The fourth-order valence-corrected chi connectivity index (χ4v) is 2.68. The normalized spacial score (nSPS) is 25.1. The molecule has 1 aliphatic heterocycles. The van der Waals surface area contributed by atoms with E-state index in [0.29, 0.717) is 24.5 Å². The number of likely N-dealkylation sites (N-methyl/N-ethyl adjacent to an activating group) is 1. The second-order valence-electron chi connectivity index (χ2n) is 5.76. The highest BCUT2D eigenvalue weighted by Crippen LogP contribution is 2.25. The van der Waals surface area contributed by atoms with Crippen molar-refractivity contribution in [3.05, 3.63) is 0 Å². The van der Waals surface area contributed by atoms with Crippen molar-refractivity contribution in [2.75, 3.05) is 33.2 Å². The van der Waals surface area contributed by atoms with E-state index in [-0.39, 0.29) is 0 Å². The molecule has 0 aromatic rings. The molecule has 1 saturated carbocycles. The molecule has 1 aliphatic carbocycles. The first-order chi connectivity index (χ1) is 8.70. The SMILES string of the molecule is CCCNC1CCCN(CC(=O)N(C)C2CC2)C1. The van der Waals surface area contributed by atoms with Gasteiger partial charge in [0.05, 0.1) is 6.54 Å². The summed E-state index contributed by atoms with van der Waals surface area (Å²) < 4.78 is 0. The molecule has 1 saturated heterocycles. The average Bonchev–Trinajstić information content (AvgIpc) is 3.20. The first-order valence-electron chi connectivity index (χ1n) is 7.42. The summed E-state index contributed by atoms with van der Waals surface area (Å²) in [6, 6.07) is 1.12. The van der Waals surface area contributed by atoms with Gasteiger partial charge in [-0.05, 0) is 45.2 Å². The van der Waals surface area contributed by atoms with Crippen LogP contribution in [0.1, 0.15) is 39.0 Å². The Bertz CT molecular complexity index is 278. The van der Waals surface area contributed by atoms with E-state index >= 15 is 0 Å². The number of carbonyl (C=O) groups excluding carboxylic acids is 1. The minimum atomic E-state index is 0.300. The number of amides is 1. The first kappa shape index (κ1) is 13.8. The fraction of sp³-hybridized carbons (Fsp3) is 0.929. The van der Waals surface area contributed by atoms with Crippen LogP contribution in [0.3, 0.4) is 0 Å². The van der Waals surface area contributed by atoms with Crippen LogP contribution in [0.4, 0.5) is 0 Å². The molecule has 1 heterocycles. The summed E-state index contributed by atoms with van der Waals surface area (Å²) in [5.41, 5.74) is 0. The van der Waals surface area contributed by atoms with E-state index in [2.05, 4.69) is 17.1 Å². The number of likely N-dealkylation sites (tertiary alicyclic amines) is 1. The third kappa shape index (κ3) is 3.95. The van der Waals surface area contributed by atoms with Crippen LogP contribution in [-0.4, -0.2) is 61.0 Å². The minimum absolute atomic E-state index is 0.300. The van der Waals surface area contributed by atoms with Gasteiger partial charge >= 0.3 is 0 Å². The van der Waals surface area contributed by atoms with Crippen LogP contribution in [0, 0.1) is 0 Å². The lowest BCUT2D eigenvalue weighted by Crippen LogP contribution is -2.49. The Labute approximate surface area is 111 Å². The Hall–Kier alpha value is -0.610. The summed E-state index contributed by atoms with van der Waals surface area (Å²) in [6.07, 6.45) is 6.04. The van der Waals surface area contributed by atoms with E-state index in [1.165, 1.54) is 32.1 Å². The predicted molar refractivity (Wildman–Crippen MR) is 73.5 cm³/mol. The van der Waals surface area contributed by atoms with Gasteiger partial charge in [-0.25, -0.2) is 0 Å². The maximum atomic E-state index is 12.1. The quantitative estimate of drug-likeness (QED) is 0.769. The molecule has 2 fully saturated rings. The van der Waals surface area contributed by atoms with Gasteiger partial charge in [-0.15, -0.1) is 0 Å². The van der Waals surface area contributed by atoms with Crippen LogP contribution >= 0.6 is 0 Å². The van der Waals surface area contributed by atoms with Gasteiger partial charge in [0, 0.05) is 25.7 Å². The van der Waals surface area contributed by atoms with Gasteiger partial charge in [-0.1, -0.05) is 6.92 Å². The topological polar surface area (TPSA) is 35.6 Å². The zero-order valence-electron chi connectivity index (χ0n) is 11.8. The number of piperidine rings is 1. The Morgan fingerprint density at radius 2 is 2.17 bits per heavy atom. The van der Waals surface area contributed by atoms with Crippen molar-refractivity contribution < 1.29 is 4.79 Å². The maximum Gasteiger partial charge on any atom is 0.236 e. The molecule has 4 heteroatoms. The molecule has 0 aromatic carbocycles. The van der Waals surface area contributed by atoms with E-state index in [4.69, 9.17) is 0 Å². The zero-order valence-corrected chi connectivity index (χ0v) is 11.8. The van der Waals surface area contributed by atoms with Gasteiger partial charge in [0.2, 0.25) is 5.91 Å². The number of nitrogens with zero attached hydrogens (tertiary/aromatic N) is 2. The third-order valence-corrected chi connectivity index (χ3v) is 4.04. The van der Waals surface area contributed by atoms with Crippen LogP contribution in [0.2, 0.25) is 0 Å². The second-order valence-corrected chi connectivity index (χ2v) is 5.76. The number of hydrogen-bond donors (Lipinski definition) is 1. The van der Waals surface area contributed by atoms with Gasteiger partial charge in [-0.3, -0.25) is 9.69 Å². The zero-order chi connectivity index (χ0) is 13.0.